The largest absolute Gasteiger partial charge is 0.478 e. The first-order valence-corrected chi connectivity index (χ1v) is 4.20. The Labute approximate surface area is 78.0 Å². The van der Waals surface area contributed by atoms with Gasteiger partial charge in [-0.25, -0.2) is 4.79 Å². The molecule has 0 aromatic carbocycles. The maximum atomic E-state index is 10.3. The molecule has 0 aliphatic rings. The second-order valence-electron chi connectivity index (χ2n) is 2.62. The first-order chi connectivity index (χ1) is 6.20. The van der Waals surface area contributed by atoms with Gasteiger partial charge >= 0.3 is 5.97 Å². The molecular formula is C10H13NO2. The van der Waals surface area contributed by atoms with Crippen LogP contribution in [0.2, 0.25) is 0 Å². The van der Waals surface area contributed by atoms with E-state index in [9.17, 15) is 4.79 Å². The van der Waals surface area contributed by atoms with E-state index in [2.05, 4.69) is 0 Å². The second kappa shape index (κ2) is 7.11. The third kappa shape index (κ3) is 6.82. The van der Waals surface area contributed by atoms with Gasteiger partial charge in [0.15, 0.2) is 0 Å². The van der Waals surface area contributed by atoms with Crippen LogP contribution in [-0.4, -0.2) is 11.1 Å². The van der Waals surface area contributed by atoms with Gasteiger partial charge in [0.25, 0.3) is 0 Å². The smallest absolute Gasteiger partial charge is 0.328 e. The average Bonchev–Trinajstić information content (AvgIpc) is 2.09. The minimum absolute atomic E-state index is 0.691. The highest BCUT2D eigenvalue weighted by molar-refractivity contribution is 5.81. The molecule has 0 unspecified atom stereocenters. The zero-order valence-electron chi connectivity index (χ0n) is 7.66. The molecule has 0 aliphatic carbocycles. The van der Waals surface area contributed by atoms with E-state index in [-0.39, 0.29) is 0 Å². The number of rotatable bonds is 5. The number of hydrogen-bond acceptors (Lipinski definition) is 2. The van der Waals surface area contributed by atoms with Crippen molar-refractivity contribution in [3.05, 3.63) is 23.8 Å². The molecule has 0 aromatic rings. The van der Waals surface area contributed by atoms with Gasteiger partial charge in [0.1, 0.15) is 0 Å². The lowest BCUT2D eigenvalue weighted by atomic mass is 10.1. The van der Waals surface area contributed by atoms with Gasteiger partial charge in [-0.05, 0) is 24.5 Å². The van der Waals surface area contributed by atoms with Gasteiger partial charge in [-0.3, -0.25) is 0 Å². The van der Waals surface area contributed by atoms with Crippen molar-refractivity contribution in [1.82, 2.24) is 0 Å². The SMILES string of the molecule is CCCCC(C=CC#N)=CC(=O)O. The number of carbonyl (C=O) groups is 1. The highest BCUT2D eigenvalue weighted by atomic mass is 16.4. The van der Waals surface area contributed by atoms with Crippen LogP contribution in [0, 0.1) is 11.3 Å². The number of unbranched alkanes of at least 4 members (excludes halogenated alkanes) is 1. The van der Waals surface area contributed by atoms with Gasteiger partial charge < -0.3 is 5.11 Å². The summed E-state index contributed by atoms with van der Waals surface area (Å²) in [6.45, 7) is 2.03. The van der Waals surface area contributed by atoms with Crippen molar-refractivity contribution in [3.8, 4) is 6.07 Å². The molecule has 0 fully saturated rings. The number of carboxylic acids is 1. The Hall–Kier alpha value is -1.56. The zero-order valence-corrected chi connectivity index (χ0v) is 7.66. The summed E-state index contributed by atoms with van der Waals surface area (Å²) in [5.74, 6) is -0.964. The van der Waals surface area contributed by atoms with E-state index in [4.69, 9.17) is 10.4 Å². The van der Waals surface area contributed by atoms with Gasteiger partial charge in [-0.15, -0.1) is 0 Å². The van der Waals surface area contributed by atoms with Gasteiger partial charge in [0.05, 0.1) is 6.07 Å². The van der Waals surface area contributed by atoms with Crippen molar-refractivity contribution >= 4 is 5.97 Å². The third-order valence-corrected chi connectivity index (χ3v) is 1.50. The normalized spacial score (nSPS) is 11.5. The van der Waals surface area contributed by atoms with Crippen LogP contribution in [0.3, 0.4) is 0 Å². The average molecular weight is 179 g/mol. The molecule has 0 heterocycles. The molecule has 0 amide bonds. The molecule has 70 valence electrons. The van der Waals surface area contributed by atoms with Crippen LogP contribution < -0.4 is 0 Å². The second-order valence-corrected chi connectivity index (χ2v) is 2.62. The number of allylic oxidation sites excluding steroid dienone is 3. The van der Waals surface area contributed by atoms with Gasteiger partial charge in [-0.2, -0.15) is 5.26 Å². The summed E-state index contributed by atoms with van der Waals surface area (Å²) >= 11 is 0. The van der Waals surface area contributed by atoms with Gasteiger partial charge in [0, 0.05) is 12.2 Å². The van der Waals surface area contributed by atoms with E-state index in [1.807, 2.05) is 13.0 Å². The van der Waals surface area contributed by atoms with Crippen molar-refractivity contribution in [2.45, 2.75) is 26.2 Å². The Morgan fingerprint density at radius 1 is 1.62 bits per heavy atom. The van der Waals surface area contributed by atoms with Crippen LogP contribution in [0.1, 0.15) is 26.2 Å². The topological polar surface area (TPSA) is 61.1 Å². The molecule has 0 bridgehead atoms. The highest BCUT2D eigenvalue weighted by Crippen LogP contribution is 2.08. The van der Waals surface area contributed by atoms with Crippen LogP contribution in [0.5, 0.6) is 0 Å². The zero-order chi connectivity index (χ0) is 10.1. The summed E-state index contributed by atoms with van der Waals surface area (Å²) in [6.07, 6.45) is 6.64. The number of nitriles is 1. The lowest BCUT2D eigenvalue weighted by Crippen LogP contribution is -1.90. The molecule has 3 nitrogen and oxygen atoms in total. The van der Waals surface area contributed by atoms with Crippen molar-refractivity contribution in [2.75, 3.05) is 0 Å². The van der Waals surface area contributed by atoms with Crippen molar-refractivity contribution in [3.63, 3.8) is 0 Å². The summed E-state index contributed by atoms with van der Waals surface area (Å²) in [5.41, 5.74) is 0.691. The Morgan fingerprint density at radius 2 is 2.31 bits per heavy atom. The predicted molar refractivity (Wildman–Crippen MR) is 50.0 cm³/mol. The Balaban J connectivity index is 4.29. The van der Waals surface area contributed by atoms with Crippen molar-refractivity contribution < 1.29 is 9.90 Å². The van der Waals surface area contributed by atoms with Crippen molar-refractivity contribution in [1.29, 1.82) is 5.26 Å². The first kappa shape index (κ1) is 11.4. The first-order valence-electron chi connectivity index (χ1n) is 4.20. The fraction of sp³-hybridized carbons (Fsp3) is 0.400. The maximum absolute atomic E-state index is 10.3. The van der Waals surface area contributed by atoms with E-state index in [0.29, 0.717) is 12.0 Å². The predicted octanol–water partition coefficient (Wildman–Crippen LogP) is 2.27. The van der Waals surface area contributed by atoms with Gasteiger partial charge in [-0.1, -0.05) is 13.3 Å². The van der Waals surface area contributed by atoms with E-state index in [0.717, 1.165) is 18.9 Å². The van der Waals surface area contributed by atoms with Crippen LogP contribution in [0.15, 0.2) is 23.8 Å². The molecular weight excluding hydrogens is 166 g/mol. The lowest BCUT2D eigenvalue weighted by molar-refractivity contribution is -0.131. The Morgan fingerprint density at radius 3 is 2.77 bits per heavy atom. The molecule has 0 aliphatic heterocycles. The van der Waals surface area contributed by atoms with E-state index >= 15 is 0 Å². The van der Waals surface area contributed by atoms with E-state index < -0.39 is 5.97 Å². The third-order valence-electron chi connectivity index (χ3n) is 1.50. The molecule has 0 radical (unpaired) electrons. The maximum Gasteiger partial charge on any atom is 0.328 e. The molecule has 3 heteroatoms. The van der Waals surface area contributed by atoms with Crippen LogP contribution in [-0.2, 0) is 4.79 Å². The summed E-state index contributed by atoms with van der Waals surface area (Å²) in [6, 6.07) is 1.83. The fourth-order valence-corrected chi connectivity index (χ4v) is 0.887. The lowest BCUT2D eigenvalue weighted by Gasteiger charge is -1.97. The summed E-state index contributed by atoms with van der Waals surface area (Å²) < 4.78 is 0. The molecule has 0 saturated carbocycles. The summed E-state index contributed by atoms with van der Waals surface area (Å²) in [7, 11) is 0. The molecule has 0 saturated heterocycles. The number of nitrogens with zero attached hydrogens (tertiary/aromatic N) is 1. The van der Waals surface area contributed by atoms with Crippen LogP contribution in [0.4, 0.5) is 0 Å². The molecule has 1 N–H and O–H groups in total. The van der Waals surface area contributed by atoms with E-state index in [1.165, 1.54) is 6.08 Å². The van der Waals surface area contributed by atoms with E-state index in [1.54, 1.807) is 6.08 Å². The van der Waals surface area contributed by atoms with Crippen molar-refractivity contribution in [2.24, 2.45) is 0 Å². The number of aliphatic carboxylic acids is 1. The number of carboxylic acid groups (broad SMARTS) is 1. The molecule has 0 rings (SSSR count). The molecule has 0 spiro atoms. The minimum Gasteiger partial charge on any atom is -0.478 e. The molecule has 0 aromatic heterocycles. The highest BCUT2D eigenvalue weighted by Gasteiger charge is 1.95. The molecule has 0 atom stereocenters. The quantitative estimate of drug-likeness (QED) is 0.400. The summed E-state index contributed by atoms with van der Waals surface area (Å²) in [4.78, 5) is 10.3. The van der Waals surface area contributed by atoms with Crippen LogP contribution in [0.25, 0.3) is 0 Å². The Bertz CT molecular complexity index is 259. The molecule has 13 heavy (non-hydrogen) atoms. The monoisotopic (exact) mass is 179 g/mol. The minimum atomic E-state index is -0.964. The standard InChI is InChI=1S/C10H13NO2/c1-2-3-5-9(6-4-7-11)8-10(12)13/h4,6,8H,2-3,5H2,1H3,(H,12,13). The van der Waals surface area contributed by atoms with Crippen LogP contribution >= 0.6 is 0 Å². The van der Waals surface area contributed by atoms with Gasteiger partial charge in [0.2, 0.25) is 0 Å². The Kier molecular flexibility index (Phi) is 6.26. The fourth-order valence-electron chi connectivity index (χ4n) is 0.887. The number of hydrogen-bond donors (Lipinski definition) is 1. The summed E-state index contributed by atoms with van der Waals surface area (Å²) in [5, 5.41) is 16.8.